The van der Waals surface area contributed by atoms with E-state index in [0.29, 0.717) is 13.2 Å². The van der Waals surface area contributed by atoms with Gasteiger partial charge in [-0.3, -0.25) is 0 Å². The Bertz CT molecular complexity index is 656. The standard InChI is InChI=1S/C37H64O3/c1-3-5-7-9-11-13-15-17-19-21-23-25-27-29-31-33-35-39-37(38)40-36-34-32-30-28-26-24-22-20-18-16-14-12-10-8-6-4-2/h5,7,11-14,17-20H,3-4,6,8-10,15-16,21-36H2,1-2H3. The second-order valence-electron chi connectivity index (χ2n) is 10.7. The van der Waals surface area contributed by atoms with E-state index in [4.69, 9.17) is 9.47 Å². The zero-order chi connectivity index (χ0) is 29.0. The minimum atomic E-state index is -0.498. The highest BCUT2D eigenvalue weighted by Gasteiger charge is 2.03. The Kier molecular flexibility index (Phi) is 33.2. The van der Waals surface area contributed by atoms with Gasteiger partial charge in [0.1, 0.15) is 0 Å². The van der Waals surface area contributed by atoms with E-state index < -0.39 is 6.16 Å². The smallest absolute Gasteiger partial charge is 0.434 e. The highest BCUT2D eigenvalue weighted by molar-refractivity contribution is 5.59. The average molecular weight is 557 g/mol. The number of rotatable bonds is 29. The molecular formula is C37H64O3. The van der Waals surface area contributed by atoms with Crippen molar-refractivity contribution < 1.29 is 14.3 Å². The third kappa shape index (κ3) is 34.0. The van der Waals surface area contributed by atoms with Crippen LogP contribution in [0.25, 0.3) is 0 Å². The predicted octanol–water partition coefficient (Wildman–Crippen LogP) is 12.5. The summed E-state index contributed by atoms with van der Waals surface area (Å²) in [5.74, 6) is 0. The molecular weight excluding hydrogens is 492 g/mol. The summed E-state index contributed by atoms with van der Waals surface area (Å²) in [7, 11) is 0. The predicted molar refractivity (Wildman–Crippen MR) is 176 cm³/mol. The molecule has 0 saturated carbocycles. The van der Waals surface area contributed by atoms with Crippen LogP contribution in [0.3, 0.4) is 0 Å². The molecule has 0 bridgehead atoms. The first-order valence-corrected chi connectivity index (χ1v) is 16.9. The van der Waals surface area contributed by atoms with Crippen molar-refractivity contribution in [1.29, 1.82) is 0 Å². The SMILES string of the molecule is CCC=CCC=CCC=CCCCCCCCCOC(=O)OCCCCCCCCC=CCC=CCCCCC. The first kappa shape index (κ1) is 38.0. The summed E-state index contributed by atoms with van der Waals surface area (Å²) in [6, 6.07) is 0. The third-order valence-corrected chi connectivity index (χ3v) is 6.83. The van der Waals surface area contributed by atoms with Crippen LogP contribution in [0.1, 0.15) is 155 Å². The quantitative estimate of drug-likeness (QED) is 0.0522. The first-order chi connectivity index (χ1) is 19.8. The van der Waals surface area contributed by atoms with Gasteiger partial charge in [0.2, 0.25) is 0 Å². The van der Waals surface area contributed by atoms with Crippen LogP contribution < -0.4 is 0 Å². The molecule has 230 valence electrons. The number of allylic oxidation sites excluding steroid dienone is 10. The lowest BCUT2D eigenvalue weighted by Gasteiger charge is -2.06. The van der Waals surface area contributed by atoms with Gasteiger partial charge in [0.15, 0.2) is 0 Å². The maximum absolute atomic E-state index is 11.7. The molecule has 0 saturated heterocycles. The normalized spacial score (nSPS) is 12.2. The molecule has 3 nitrogen and oxygen atoms in total. The van der Waals surface area contributed by atoms with Gasteiger partial charge in [-0.05, 0) is 77.0 Å². The van der Waals surface area contributed by atoms with Crippen LogP contribution in [0.5, 0.6) is 0 Å². The minimum absolute atomic E-state index is 0.479. The number of carbonyl (C=O) groups excluding carboxylic acids is 1. The summed E-state index contributed by atoms with van der Waals surface area (Å²) < 4.78 is 10.4. The molecule has 0 N–H and O–H groups in total. The van der Waals surface area contributed by atoms with E-state index in [1.54, 1.807) is 0 Å². The maximum Gasteiger partial charge on any atom is 0.508 e. The highest BCUT2D eigenvalue weighted by atomic mass is 16.7. The molecule has 0 aromatic carbocycles. The van der Waals surface area contributed by atoms with Crippen LogP contribution in [0, 0.1) is 0 Å². The van der Waals surface area contributed by atoms with E-state index in [1.807, 2.05) is 0 Å². The molecule has 0 aromatic heterocycles. The van der Waals surface area contributed by atoms with E-state index in [2.05, 4.69) is 74.6 Å². The molecule has 0 unspecified atom stereocenters. The lowest BCUT2D eigenvalue weighted by atomic mass is 10.1. The first-order valence-electron chi connectivity index (χ1n) is 16.9. The lowest BCUT2D eigenvalue weighted by Crippen LogP contribution is -2.09. The Morgan fingerprint density at radius 1 is 0.425 bits per heavy atom. The van der Waals surface area contributed by atoms with Crippen molar-refractivity contribution in [3.8, 4) is 0 Å². The van der Waals surface area contributed by atoms with Gasteiger partial charge < -0.3 is 9.47 Å². The zero-order valence-corrected chi connectivity index (χ0v) is 26.5. The zero-order valence-electron chi connectivity index (χ0n) is 26.5. The van der Waals surface area contributed by atoms with E-state index >= 15 is 0 Å². The molecule has 0 aliphatic heterocycles. The molecule has 0 aliphatic carbocycles. The minimum Gasteiger partial charge on any atom is -0.434 e. The van der Waals surface area contributed by atoms with E-state index in [1.165, 1.54) is 89.9 Å². The average Bonchev–Trinajstić information content (AvgIpc) is 2.96. The van der Waals surface area contributed by atoms with Crippen molar-refractivity contribution in [3.05, 3.63) is 60.8 Å². The summed E-state index contributed by atoms with van der Waals surface area (Å²) in [4.78, 5) is 11.7. The lowest BCUT2D eigenvalue weighted by molar-refractivity contribution is 0.0529. The Morgan fingerprint density at radius 2 is 0.775 bits per heavy atom. The molecule has 3 heteroatoms. The van der Waals surface area contributed by atoms with Gasteiger partial charge in [-0.1, -0.05) is 139 Å². The summed E-state index contributed by atoms with van der Waals surface area (Å²) in [5.41, 5.74) is 0. The van der Waals surface area contributed by atoms with Crippen molar-refractivity contribution in [2.75, 3.05) is 13.2 Å². The Labute approximate surface area is 249 Å². The number of unbranched alkanes of at least 4 members (excludes halogenated alkanes) is 15. The van der Waals surface area contributed by atoms with Crippen LogP contribution in [-0.4, -0.2) is 19.4 Å². The monoisotopic (exact) mass is 556 g/mol. The fourth-order valence-electron chi connectivity index (χ4n) is 4.34. The van der Waals surface area contributed by atoms with Crippen molar-refractivity contribution in [3.63, 3.8) is 0 Å². The molecule has 0 aromatic rings. The van der Waals surface area contributed by atoms with Gasteiger partial charge in [-0.15, -0.1) is 0 Å². The van der Waals surface area contributed by atoms with E-state index in [9.17, 15) is 4.79 Å². The fourth-order valence-corrected chi connectivity index (χ4v) is 4.34. The van der Waals surface area contributed by atoms with Gasteiger partial charge in [-0.2, -0.15) is 0 Å². The van der Waals surface area contributed by atoms with Gasteiger partial charge in [0, 0.05) is 0 Å². The summed E-state index contributed by atoms with van der Waals surface area (Å²) in [6.45, 7) is 5.37. The number of carbonyl (C=O) groups is 1. The van der Waals surface area contributed by atoms with Crippen LogP contribution in [-0.2, 0) is 9.47 Å². The molecule has 0 rings (SSSR count). The van der Waals surface area contributed by atoms with Crippen LogP contribution in [0.4, 0.5) is 4.79 Å². The van der Waals surface area contributed by atoms with E-state index in [-0.39, 0.29) is 0 Å². The number of hydrogen-bond acceptors (Lipinski definition) is 3. The summed E-state index contributed by atoms with van der Waals surface area (Å²) in [5, 5.41) is 0. The number of ether oxygens (including phenoxy) is 2. The fraction of sp³-hybridized carbons (Fsp3) is 0.703. The topological polar surface area (TPSA) is 35.5 Å². The molecule has 0 fully saturated rings. The third-order valence-electron chi connectivity index (χ3n) is 6.83. The molecule has 0 atom stereocenters. The second-order valence-corrected chi connectivity index (χ2v) is 10.7. The Balaban J connectivity index is 3.29. The Hall–Kier alpha value is -2.03. The van der Waals surface area contributed by atoms with Crippen molar-refractivity contribution in [2.45, 2.75) is 155 Å². The molecule has 0 radical (unpaired) electrons. The highest BCUT2D eigenvalue weighted by Crippen LogP contribution is 2.10. The molecule has 0 amide bonds. The van der Waals surface area contributed by atoms with Crippen LogP contribution in [0.15, 0.2) is 60.8 Å². The van der Waals surface area contributed by atoms with E-state index in [0.717, 1.165) is 51.4 Å². The van der Waals surface area contributed by atoms with Crippen molar-refractivity contribution in [1.82, 2.24) is 0 Å². The van der Waals surface area contributed by atoms with Crippen LogP contribution >= 0.6 is 0 Å². The summed E-state index contributed by atoms with van der Waals surface area (Å²) in [6.07, 6.45) is 48.2. The molecule has 0 heterocycles. The van der Waals surface area contributed by atoms with Gasteiger partial charge >= 0.3 is 6.16 Å². The largest absolute Gasteiger partial charge is 0.508 e. The van der Waals surface area contributed by atoms with Crippen LogP contribution in [0.2, 0.25) is 0 Å². The summed E-state index contributed by atoms with van der Waals surface area (Å²) >= 11 is 0. The number of hydrogen-bond donors (Lipinski definition) is 0. The van der Waals surface area contributed by atoms with Gasteiger partial charge in [-0.25, -0.2) is 4.79 Å². The maximum atomic E-state index is 11.7. The molecule has 40 heavy (non-hydrogen) atoms. The van der Waals surface area contributed by atoms with Gasteiger partial charge in [0.25, 0.3) is 0 Å². The van der Waals surface area contributed by atoms with Gasteiger partial charge in [0.05, 0.1) is 13.2 Å². The molecule has 0 aliphatic rings. The molecule has 0 spiro atoms. The second kappa shape index (κ2) is 35.0. The van der Waals surface area contributed by atoms with Crippen molar-refractivity contribution >= 4 is 6.16 Å². The van der Waals surface area contributed by atoms with Crippen molar-refractivity contribution in [2.24, 2.45) is 0 Å². The Morgan fingerprint density at radius 3 is 1.20 bits per heavy atom.